The van der Waals surface area contributed by atoms with Crippen LogP contribution in [0.2, 0.25) is 0 Å². The summed E-state index contributed by atoms with van der Waals surface area (Å²) in [7, 11) is 0. The van der Waals surface area contributed by atoms with Gasteiger partial charge in [-0.1, -0.05) is 0 Å². The maximum absolute atomic E-state index is 12.0. The third-order valence-electron chi connectivity index (χ3n) is 2.37. The van der Waals surface area contributed by atoms with Gasteiger partial charge in [-0.05, 0) is 32.0 Å². The number of amides is 1. The minimum Gasteiger partial charge on any atom is -0.504 e. The molecule has 6 nitrogen and oxygen atoms in total. The summed E-state index contributed by atoms with van der Waals surface area (Å²) in [6.07, 6.45) is 2.91. The lowest BCUT2D eigenvalue weighted by Crippen LogP contribution is -2.14. The Bertz CT molecular complexity index is 597. The molecule has 0 bridgehead atoms. The van der Waals surface area contributed by atoms with Crippen molar-refractivity contribution in [3.8, 4) is 11.6 Å². The van der Waals surface area contributed by atoms with E-state index in [0.29, 0.717) is 11.4 Å². The summed E-state index contributed by atoms with van der Waals surface area (Å²) in [5.74, 6) is 0.0772. The van der Waals surface area contributed by atoms with Gasteiger partial charge in [0, 0.05) is 18.5 Å². The molecule has 6 heteroatoms. The summed E-state index contributed by atoms with van der Waals surface area (Å²) in [6.45, 7) is 3.79. The lowest BCUT2D eigenvalue weighted by molar-refractivity contribution is 0.102. The molecule has 0 unspecified atom stereocenters. The van der Waals surface area contributed by atoms with Gasteiger partial charge in [0.1, 0.15) is 0 Å². The highest BCUT2D eigenvalue weighted by Gasteiger charge is 2.10. The van der Waals surface area contributed by atoms with Gasteiger partial charge >= 0.3 is 0 Å². The maximum atomic E-state index is 12.0. The highest BCUT2D eigenvalue weighted by molar-refractivity contribution is 6.04. The van der Waals surface area contributed by atoms with Gasteiger partial charge < -0.3 is 15.2 Å². The Kier molecular flexibility index (Phi) is 4.14. The monoisotopic (exact) mass is 273 g/mol. The summed E-state index contributed by atoms with van der Waals surface area (Å²) < 4.78 is 5.39. The topological polar surface area (TPSA) is 84.3 Å². The fraction of sp³-hybridized carbons (Fsp3) is 0.214. The van der Waals surface area contributed by atoms with Gasteiger partial charge in [-0.2, -0.15) is 0 Å². The van der Waals surface area contributed by atoms with Gasteiger partial charge in [-0.15, -0.1) is 0 Å². The van der Waals surface area contributed by atoms with Gasteiger partial charge in [0.2, 0.25) is 5.88 Å². The van der Waals surface area contributed by atoms with Crippen LogP contribution in [-0.4, -0.2) is 27.1 Å². The van der Waals surface area contributed by atoms with Crippen LogP contribution in [-0.2, 0) is 0 Å². The molecule has 2 rings (SSSR count). The van der Waals surface area contributed by atoms with Crippen molar-refractivity contribution in [2.75, 3.05) is 5.32 Å². The first-order valence-corrected chi connectivity index (χ1v) is 6.14. The molecule has 0 saturated heterocycles. The minimum atomic E-state index is -0.400. The Labute approximate surface area is 116 Å². The number of rotatable bonds is 4. The normalized spacial score (nSPS) is 10.3. The Morgan fingerprint density at radius 2 is 2.10 bits per heavy atom. The molecule has 104 valence electrons. The Morgan fingerprint density at radius 3 is 2.70 bits per heavy atom. The van der Waals surface area contributed by atoms with Crippen LogP contribution in [0.15, 0.2) is 36.7 Å². The molecule has 1 amide bonds. The van der Waals surface area contributed by atoms with Crippen LogP contribution >= 0.6 is 0 Å². The molecule has 0 aliphatic rings. The van der Waals surface area contributed by atoms with E-state index in [4.69, 9.17) is 4.74 Å². The van der Waals surface area contributed by atoms with Crippen molar-refractivity contribution in [1.29, 1.82) is 0 Å². The van der Waals surface area contributed by atoms with Crippen LogP contribution in [0.5, 0.6) is 11.6 Å². The summed E-state index contributed by atoms with van der Waals surface area (Å²) in [4.78, 5) is 19.9. The number of anilines is 1. The van der Waals surface area contributed by atoms with Crippen LogP contribution in [0.4, 0.5) is 5.82 Å². The second-order valence-electron chi connectivity index (χ2n) is 4.38. The standard InChI is InChI=1S/C14H15N3O3/c1-9(2)20-12-6-5-10(8-16-12)14(19)17-13-11(18)4-3-7-15-13/h3-9,18H,1-2H3,(H,15,17,19). The van der Waals surface area contributed by atoms with Crippen molar-refractivity contribution in [1.82, 2.24) is 9.97 Å². The lowest BCUT2D eigenvalue weighted by Gasteiger charge is -2.09. The van der Waals surface area contributed by atoms with E-state index < -0.39 is 5.91 Å². The Balaban J connectivity index is 2.08. The van der Waals surface area contributed by atoms with Gasteiger partial charge in [-0.3, -0.25) is 4.79 Å². The molecular formula is C14H15N3O3. The van der Waals surface area contributed by atoms with Crippen LogP contribution in [0.25, 0.3) is 0 Å². The van der Waals surface area contributed by atoms with E-state index in [2.05, 4.69) is 15.3 Å². The molecule has 2 N–H and O–H groups in total. The van der Waals surface area contributed by atoms with E-state index in [0.717, 1.165) is 0 Å². The third-order valence-corrected chi connectivity index (χ3v) is 2.37. The number of hydrogen-bond acceptors (Lipinski definition) is 5. The first kappa shape index (κ1) is 13.8. The first-order chi connectivity index (χ1) is 9.56. The molecule has 0 spiro atoms. The van der Waals surface area contributed by atoms with E-state index >= 15 is 0 Å². The molecule has 0 aliphatic heterocycles. The number of hydrogen-bond donors (Lipinski definition) is 2. The smallest absolute Gasteiger partial charge is 0.258 e. The summed E-state index contributed by atoms with van der Waals surface area (Å²) in [5, 5.41) is 12.0. The minimum absolute atomic E-state index is 0.0210. The molecule has 0 aliphatic carbocycles. The fourth-order valence-electron chi connectivity index (χ4n) is 1.50. The zero-order valence-electron chi connectivity index (χ0n) is 11.2. The lowest BCUT2D eigenvalue weighted by atomic mass is 10.2. The maximum Gasteiger partial charge on any atom is 0.258 e. The number of carbonyl (C=O) groups excluding carboxylic acids is 1. The molecule has 2 aromatic rings. The van der Waals surface area contributed by atoms with Gasteiger partial charge in [0.15, 0.2) is 11.6 Å². The number of aromatic hydroxyl groups is 1. The van der Waals surface area contributed by atoms with Crippen LogP contribution in [0.3, 0.4) is 0 Å². The number of nitrogens with zero attached hydrogens (tertiary/aromatic N) is 2. The van der Waals surface area contributed by atoms with E-state index in [-0.39, 0.29) is 17.7 Å². The SMILES string of the molecule is CC(C)Oc1ccc(C(=O)Nc2ncccc2O)cn1. The average molecular weight is 273 g/mol. The molecule has 0 radical (unpaired) electrons. The zero-order valence-corrected chi connectivity index (χ0v) is 11.2. The second kappa shape index (κ2) is 6.01. The van der Waals surface area contributed by atoms with Gasteiger partial charge in [0.25, 0.3) is 5.91 Å². The molecule has 2 aromatic heterocycles. The van der Waals surface area contributed by atoms with E-state index in [9.17, 15) is 9.90 Å². The Hall–Kier alpha value is -2.63. The average Bonchev–Trinajstić information content (AvgIpc) is 2.41. The van der Waals surface area contributed by atoms with Crippen molar-refractivity contribution in [3.63, 3.8) is 0 Å². The highest BCUT2D eigenvalue weighted by Crippen LogP contribution is 2.19. The third kappa shape index (κ3) is 3.44. The zero-order chi connectivity index (χ0) is 14.5. The van der Waals surface area contributed by atoms with Crippen molar-refractivity contribution in [3.05, 3.63) is 42.2 Å². The van der Waals surface area contributed by atoms with Crippen LogP contribution in [0.1, 0.15) is 24.2 Å². The predicted molar refractivity (Wildman–Crippen MR) is 73.9 cm³/mol. The van der Waals surface area contributed by atoms with Crippen molar-refractivity contribution >= 4 is 11.7 Å². The van der Waals surface area contributed by atoms with Gasteiger partial charge in [0.05, 0.1) is 11.7 Å². The summed E-state index contributed by atoms with van der Waals surface area (Å²) in [6, 6.07) is 6.23. The Morgan fingerprint density at radius 1 is 1.30 bits per heavy atom. The van der Waals surface area contributed by atoms with Crippen LogP contribution < -0.4 is 10.1 Å². The van der Waals surface area contributed by atoms with Crippen molar-refractivity contribution < 1.29 is 14.6 Å². The molecule has 0 atom stereocenters. The second-order valence-corrected chi connectivity index (χ2v) is 4.38. The summed E-state index contributed by atoms with van der Waals surface area (Å²) in [5.41, 5.74) is 0.353. The quantitative estimate of drug-likeness (QED) is 0.892. The molecule has 0 saturated carbocycles. The van der Waals surface area contributed by atoms with Crippen molar-refractivity contribution in [2.45, 2.75) is 20.0 Å². The highest BCUT2D eigenvalue weighted by atomic mass is 16.5. The number of carbonyl (C=O) groups is 1. The van der Waals surface area contributed by atoms with E-state index in [1.165, 1.54) is 18.5 Å². The summed E-state index contributed by atoms with van der Waals surface area (Å²) >= 11 is 0. The van der Waals surface area contributed by atoms with Crippen molar-refractivity contribution in [2.24, 2.45) is 0 Å². The van der Waals surface area contributed by atoms with E-state index in [1.54, 1.807) is 18.2 Å². The number of aromatic nitrogens is 2. The largest absolute Gasteiger partial charge is 0.504 e. The molecule has 2 heterocycles. The van der Waals surface area contributed by atoms with Gasteiger partial charge in [-0.25, -0.2) is 9.97 Å². The number of nitrogens with one attached hydrogen (secondary N) is 1. The molecule has 0 fully saturated rings. The number of pyridine rings is 2. The fourth-order valence-corrected chi connectivity index (χ4v) is 1.50. The van der Waals surface area contributed by atoms with Crippen LogP contribution in [0, 0.1) is 0 Å². The predicted octanol–water partition coefficient (Wildman–Crippen LogP) is 2.22. The molecule has 0 aromatic carbocycles. The van der Waals surface area contributed by atoms with E-state index in [1.807, 2.05) is 13.8 Å². The molecule has 20 heavy (non-hydrogen) atoms. The molecular weight excluding hydrogens is 258 g/mol. The number of ether oxygens (including phenoxy) is 1. The first-order valence-electron chi connectivity index (χ1n) is 6.14.